The molecule has 0 saturated carbocycles. The highest BCUT2D eigenvalue weighted by molar-refractivity contribution is 4.68. The van der Waals surface area contributed by atoms with Gasteiger partial charge in [-0.1, -0.05) is 39.0 Å². The second-order valence-corrected chi connectivity index (χ2v) is 3.81. The largest absolute Gasteiger partial charge is 0.380 e. The van der Waals surface area contributed by atoms with Crippen molar-refractivity contribution in [1.29, 1.82) is 0 Å². The average Bonchev–Trinajstić information content (AvgIpc) is 2.16. The summed E-state index contributed by atoms with van der Waals surface area (Å²) in [6, 6.07) is 0.214. The highest BCUT2D eigenvalue weighted by Crippen LogP contribution is 2.08. The number of ether oxygens (including phenoxy) is 1. The summed E-state index contributed by atoms with van der Waals surface area (Å²) in [5.74, 6) is 0. The minimum Gasteiger partial charge on any atom is -0.380 e. The molecule has 0 heterocycles. The first-order valence-corrected chi connectivity index (χ1v) is 5.50. The van der Waals surface area contributed by atoms with Crippen LogP contribution in [0.5, 0.6) is 0 Å². The van der Waals surface area contributed by atoms with Crippen LogP contribution in [0.2, 0.25) is 0 Å². The van der Waals surface area contributed by atoms with E-state index in [1.54, 1.807) is 7.11 Å². The first-order valence-electron chi connectivity index (χ1n) is 5.50. The van der Waals surface area contributed by atoms with E-state index in [-0.39, 0.29) is 12.1 Å². The van der Waals surface area contributed by atoms with Crippen LogP contribution in [0.25, 0.3) is 0 Å². The summed E-state index contributed by atoms with van der Waals surface area (Å²) < 4.78 is 5.17. The van der Waals surface area contributed by atoms with Crippen molar-refractivity contribution in [2.24, 2.45) is 5.73 Å². The number of unbranched alkanes of at least 4 members (excludes halogenated alkanes) is 4. The van der Waals surface area contributed by atoms with Crippen LogP contribution in [-0.2, 0) is 4.74 Å². The van der Waals surface area contributed by atoms with Gasteiger partial charge in [-0.2, -0.15) is 0 Å². The van der Waals surface area contributed by atoms with Crippen LogP contribution < -0.4 is 5.73 Å². The molecule has 0 saturated heterocycles. The molecular weight excluding hydrogens is 162 g/mol. The van der Waals surface area contributed by atoms with Crippen LogP contribution in [0.3, 0.4) is 0 Å². The van der Waals surface area contributed by atoms with E-state index in [9.17, 15) is 0 Å². The molecule has 2 nitrogen and oxygen atoms in total. The summed E-state index contributed by atoms with van der Waals surface area (Å²) in [5.41, 5.74) is 5.92. The summed E-state index contributed by atoms with van der Waals surface area (Å²) in [4.78, 5) is 0. The zero-order chi connectivity index (χ0) is 10.1. The fourth-order valence-electron chi connectivity index (χ4n) is 1.39. The molecule has 80 valence electrons. The third-order valence-corrected chi connectivity index (χ3v) is 2.62. The van der Waals surface area contributed by atoms with Crippen LogP contribution in [0, 0.1) is 0 Å². The standard InChI is InChI=1S/C11H25NO/c1-4-5-6-7-8-9-11(12)10(2)13-3/h10-11H,4-9,12H2,1-3H3. The van der Waals surface area contributed by atoms with Gasteiger partial charge in [-0.25, -0.2) is 0 Å². The molecule has 0 aromatic rings. The third-order valence-electron chi connectivity index (χ3n) is 2.62. The SMILES string of the molecule is CCCCCCCC(N)C(C)OC. The quantitative estimate of drug-likeness (QED) is 0.593. The minimum absolute atomic E-state index is 0.200. The summed E-state index contributed by atoms with van der Waals surface area (Å²) in [6.45, 7) is 4.27. The molecule has 0 radical (unpaired) electrons. The molecule has 2 N–H and O–H groups in total. The van der Waals surface area contributed by atoms with Gasteiger partial charge in [0.05, 0.1) is 6.10 Å². The van der Waals surface area contributed by atoms with Gasteiger partial charge < -0.3 is 10.5 Å². The third kappa shape index (κ3) is 7.03. The normalized spacial score (nSPS) is 15.7. The van der Waals surface area contributed by atoms with E-state index >= 15 is 0 Å². The number of hydrogen-bond donors (Lipinski definition) is 1. The predicted octanol–water partition coefficient (Wildman–Crippen LogP) is 2.71. The van der Waals surface area contributed by atoms with Crippen molar-refractivity contribution in [2.75, 3.05) is 7.11 Å². The molecule has 0 bridgehead atoms. The Kier molecular flexibility index (Phi) is 8.46. The Morgan fingerprint density at radius 3 is 2.31 bits per heavy atom. The molecule has 0 rings (SSSR count). The van der Waals surface area contributed by atoms with E-state index in [0.29, 0.717) is 0 Å². The molecule has 0 aliphatic carbocycles. The molecule has 2 unspecified atom stereocenters. The molecule has 13 heavy (non-hydrogen) atoms. The van der Waals surface area contributed by atoms with Crippen molar-refractivity contribution in [3.63, 3.8) is 0 Å². The zero-order valence-electron chi connectivity index (χ0n) is 9.38. The number of hydrogen-bond acceptors (Lipinski definition) is 2. The van der Waals surface area contributed by atoms with E-state index in [2.05, 4.69) is 6.92 Å². The highest BCUT2D eigenvalue weighted by atomic mass is 16.5. The van der Waals surface area contributed by atoms with Crippen molar-refractivity contribution in [3.8, 4) is 0 Å². The number of methoxy groups -OCH3 is 1. The van der Waals surface area contributed by atoms with E-state index in [0.717, 1.165) is 6.42 Å². The van der Waals surface area contributed by atoms with E-state index in [4.69, 9.17) is 10.5 Å². The van der Waals surface area contributed by atoms with Gasteiger partial charge in [0.2, 0.25) is 0 Å². The second kappa shape index (κ2) is 8.52. The lowest BCUT2D eigenvalue weighted by atomic mass is 10.0. The lowest BCUT2D eigenvalue weighted by Gasteiger charge is -2.17. The molecule has 0 aliphatic rings. The number of nitrogens with two attached hydrogens (primary N) is 1. The molecule has 2 atom stereocenters. The minimum atomic E-state index is 0.200. The van der Waals surface area contributed by atoms with Gasteiger partial charge in [-0.05, 0) is 13.3 Å². The van der Waals surface area contributed by atoms with Gasteiger partial charge in [-0.15, -0.1) is 0 Å². The molecule has 0 fully saturated rings. The predicted molar refractivity (Wildman–Crippen MR) is 57.8 cm³/mol. The van der Waals surface area contributed by atoms with Crippen molar-refractivity contribution >= 4 is 0 Å². The van der Waals surface area contributed by atoms with Gasteiger partial charge in [0.25, 0.3) is 0 Å². The Morgan fingerprint density at radius 2 is 1.77 bits per heavy atom. The highest BCUT2D eigenvalue weighted by Gasteiger charge is 2.10. The van der Waals surface area contributed by atoms with Crippen LogP contribution >= 0.6 is 0 Å². The van der Waals surface area contributed by atoms with Crippen molar-refractivity contribution in [1.82, 2.24) is 0 Å². The molecule has 0 spiro atoms. The fraction of sp³-hybridized carbons (Fsp3) is 1.00. The van der Waals surface area contributed by atoms with Gasteiger partial charge >= 0.3 is 0 Å². The van der Waals surface area contributed by atoms with Gasteiger partial charge in [0.1, 0.15) is 0 Å². The fourth-order valence-corrected chi connectivity index (χ4v) is 1.39. The second-order valence-electron chi connectivity index (χ2n) is 3.81. The first kappa shape index (κ1) is 12.9. The van der Waals surface area contributed by atoms with Gasteiger partial charge in [0, 0.05) is 13.2 Å². The maximum atomic E-state index is 5.92. The van der Waals surface area contributed by atoms with Crippen molar-refractivity contribution in [2.45, 2.75) is 64.5 Å². The Balaban J connectivity index is 3.21. The molecule has 0 aromatic heterocycles. The van der Waals surface area contributed by atoms with Crippen molar-refractivity contribution in [3.05, 3.63) is 0 Å². The van der Waals surface area contributed by atoms with Crippen LogP contribution in [0.1, 0.15) is 52.4 Å². The summed E-state index contributed by atoms with van der Waals surface area (Å²) >= 11 is 0. The van der Waals surface area contributed by atoms with Gasteiger partial charge in [0.15, 0.2) is 0 Å². The molecule has 0 amide bonds. The summed E-state index contributed by atoms with van der Waals surface area (Å²) in [7, 11) is 1.72. The topological polar surface area (TPSA) is 35.2 Å². The smallest absolute Gasteiger partial charge is 0.0694 e. The Hall–Kier alpha value is -0.0800. The summed E-state index contributed by atoms with van der Waals surface area (Å²) in [6.07, 6.45) is 7.87. The summed E-state index contributed by atoms with van der Waals surface area (Å²) in [5, 5.41) is 0. The average molecular weight is 187 g/mol. The zero-order valence-corrected chi connectivity index (χ0v) is 9.38. The molecule has 2 heteroatoms. The Morgan fingerprint density at radius 1 is 1.15 bits per heavy atom. The Bertz CT molecular complexity index is 106. The molecule has 0 aliphatic heterocycles. The van der Waals surface area contributed by atoms with Crippen LogP contribution in [-0.4, -0.2) is 19.3 Å². The number of rotatable bonds is 8. The maximum absolute atomic E-state index is 5.92. The first-order chi connectivity index (χ1) is 6.22. The van der Waals surface area contributed by atoms with E-state index in [1.807, 2.05) is 6.92 Å². The van der Waals surface area contributed by atoms with Crippen LogP contribution in [0.4, 0.5) is 0 Å². The monoisotopic (exact) mass is 187 g/mol. The Labute approximate surface area is 82.8 Å². The lowest BCUT2D eigenvalue weighted by molar-refractivity contribution is 0.0920. The van der Waals surface area contributed by atoms with Crippen molar-refractivity contribution < 1.29 is 4.74 Å². The van der Waals surface area contributed by atoms with E-state index < -0.39 is 0 Å². The molecular formula is C11H25NO. The van der Waals surface area contributed by atoms with Gasteiger partial charge in [-0.3, -0.25) is 0 Å². The van der Waals surface area contributed by atoms with E-state index in [1.165, 1.54) is 32.1 Å². The maximum Gasteiger partial charge on any atom is 0.0694 e. The lowest BCUT2D eigenvalue weighted by Crippen LogP contribution is -2.33. The molecule has 0 aromatic carbocycles. The van der Waals surface area contributed by atoms with Crippen LogP contribution in [0.15, 0.2) is 0 Å².